The Hall–Kier alpha value is -0.900. The van der Waals surface area contributed by atoms with E-state index in [1.54, 1.807) is 12.1 Å². The van der Waals surface area contributed by atoms with Gasteiger partial charge >= 0.3 is 5.97 Å². The molecule has 0 heterocycles. The number of benzene rings is 1. The van der Waals surface area contributed by atoms with Crippen LogP contribution in [0.25, 0.3) is 0 Å². The summed E-state index contributed by atoms with van der Waals surface area (Å²) in [6.07, 6.45) is 1.53. The molecule has 0 atom stereocenters. The lowest BCUT2D eigenvalue weighted by atomic mass is 9.91. The molecule has 0 saturated heterocycles. The van der Waals surface area contributed by atoms with Gasteiger partial charge in [-0.1, -0.05) is 6.07 Å². The minimum absolute atomic E-state index is 0.0137. The highest BCUT2D eigenvalue weighted by Crippen LogP contribution is 2.52. The van der Waals surface area contributed by atoms with Crippen LogP contribution in [0.3, 0.4) is 0 Å². The third-order valence-electron chi connectivity index (χ3n) is 3.09. The first kappa shape index (κ1) is 11.6. The highest BCUT2D eigenvalue weighted by Gasteiger charge is 2.47. The van der Waals surface area contributed by atoms with Crippen molar-refractivity contribution in [3.8, 4) is 0 Å². The molecule has 1 saturated carbocycles. The van der Waals surface area contributed by atoms with Crippen molar-refractivity contribution in [3.05, 3.63) is 33.5 Å². The van der Waals surface area contributed by atoms with Crippen molar-refractivity contribution in [2.24, 2.45) is 0 Å². The molecule has 0 aliphatic heterocycles. The lowest BCUT2D eigenvalue weighted by Gasteiger charge is -2.15. The predicted molar refractivity (Wildman–Crippen MR) is 62.0 cm³/mol. The van der Waals surface area contributed by atoms with Crippen LogP contribution in [-0.4, -0.2) is 11.1 Å². The average molecular weight is 287 g/mol. The van der Waals surface area contributed by atoms with E-state index < -0.39 is 11.4 Å². The van der Waals surface area contributed by atoms with Crippen molar-refractivity contribution in [3.63, 3.8) is 0 Å². The van der Waals surface area contributed by atoms with Crippen LogP contribution >= 0.6 is 15.9 Å². The lowest BCUT2D eigenvalue weighted by Crippen LogP contribution is -2.15. The van der Waals surface area contributed by atoms with Crippen LogP contribution in [0, 0.1) is 12.7 Å². The Labute approximate surface area is 102 Å². The topological polar surface area (TPSA) is 37.3 Å². The van der Waals surface area contributed by atoms with Crippen molar-refractivity contribution in [2.75, 3.05) is 0 Å². The summed E-state index contributed by atoms with van der Waals surface area (Å²) in [5, 5.41) is 8.85. The van der Waals surface area contributed by atoms with Crippen LogP contribution in [0.2, 0.25) is 0 Å². The van der Waals surface area contributed by atoms with Crippen molar-refractivity contribution in [2.45, 2.75) is 31.6 Å². The maximum Gasteiger partial charge on any atom is 0.304 e. The maximum absolute atomic E-state index is 13.9. The maximum atomic E-state index is 13.9. The SMILES string of the molecule is Cc1cc(Br)c(F)c(C2(CC(=O)O)CC2)c1. The van der Waals surface area contributed by atoms with Crippen LogP contribution in [0.15, 0.2) is 16.6 Å². The number of aliphatic carboxylic acids is 1. The highest BCUT2D eigenvalue weighted by atomic mass is 79.9. The molecule has 16 heavy (non-hydrogen) atoms. The van der Waals surface area contributed by atoms with E-state index in [2.05, 4.69) is 15.9 Å². The summed E-state index contributed by atoms with van der Waals surface area (Å²) >= 11 is 3.16. The van der Waals surface area contributed by atoms with E-state index in [9.17, 15) is 9.18 Å². The number of hydrogen-bond acceptors (Lipinski definition) is 1. The van der Waals surface area contributed by atoms with Gasteiger partial charge in [-0.15, -0.1) is 0 Å². The van der Waals surface area contributed by atoms with Crippen molar-refractivity contribution >= 4 is 21.9 Å². The molecule has 1 fully saturated rings. The zero-order chi connectivity index (χ0) is 11.9. The Morgan fingerprint density at radius 1 is 1.56 bits per heavy atom. The number of halogens is 2. The predicted octanol–water partition coefficient (Wildman–Crippen LogP) is 3.40. The van der Waals surface area contributed by atoms with Gasteiger partial charge < -0.3 is 5.11 Å². The molecule has 0 amide bonds. The Morgan fingerprint density at radius 2 is 2.19 bits per heavy atom. The van der Waals surface area contributed by atoms with E-state index in [1.807, 2.05) is 6.92 Å². The van der Waals surface area contributed by atoms with Crippen LogP contribution < -0.4 is 0 Å². The summed E-state index contributed by atoms with van der Waals surface area (Å²) in [5.41, 5.74) is 1.02. The van der Waals surface area contributed by atoms with E-state index in [4.69, 9.17) is 5.11 Å². The van der Waals surface area contributed by atoms with Gasteiger partial charge in [-0.3, -0.25) is 4.79 Å². The van der Waals surface area contributed by atoms with Crippen LogP contribution in [0.4, 0.5) is 4.39 Å². The van der Waals surface area contributed by atoms with E-state index in [-0.39, 0.29) is 12.2 Å². The first-order valence-corrected chi connectivity index (χ1v) is 5.92. The average Bonchev–Trinajstić information content (AvgIpc) is 2.91. The summed E-state index contributed by atoms with van der Waals surface area (Å²) in [4.78, 5) is 10.8. The second kappa shape index (κ2) is 3.84. The summed E-state index contributed by atoms with van der Waals surface area (Å²) < 4.78 is 14.3. The molecule has 0 radical (unpaired) electrons. The summed E-state index contributed by atoms with van der Waals surface area (Å²) in [6.45, 7) is 1.88. The van der Waals surface area contributed by atoms with Gasteiger partial charge in [0.25, 0.3) is 0 Å². The largest absolute Gasteiger partial charge is 0.481 e. The number of rotatable bonds is 3. The molecular formula is C12H12BrFO2. The van der Waals surface area contributed by atoms with Gasteiger partial charge in [0.05, 0.1) is 10.9 Å². The minimum atomic E-state index is -0.866. The van der Waals surface area contributed by atoms with Gasteiger partial charge in [0.1, 0.15) is 5.82 Å². The summed E-state index contributed by atoms with van der Waals surface area (Å²) in [6, 6.07) is 3.46. The molecule has 0 bridgehead atoms. The number of carboxylic acid groups (broad SMARTS) is 1. The van der Waals surface area contributed by atoms with E-state index >= 15 is 0 Å². The first-order valence-electron chi connectivity index (χ1n) is 5.12. The Balaban J connectivity index is 2.44. The second-order valence-electron chi connectivity index (χ2n) is 4.46. The Bertz CT molecular complexity index is 453. The van der Waals surface area contributed by atoms with Gasteiger partial charge in [0.15, 0.2) is 0 Å². The Kier molecular flexibility index (Phi) is 2.78. The van der Waals surface area contributed by atoms with Gasteiger partial charge in [0, 0.05) is 5.41 Å². The number of carbonyl (C=O) groups is 1. The van der Waals surface area contributed by atoms with Crippen LogP contribution in [0.5, 0.6) is 0 Å². The second-order valence-corrected chi connectivity index (χ2v) is 5.31. The fourth-order valence-electron chi connectivity index (χ4n) is 2.09. The minimum Gasteiger partial charge on any atom is -0.481 e. The smallest absolute Gasteiger partial charge is 0.304 e. The molecule has 2 nitrogen and oxygen atoms in total. The Morgan fingerprint density at radius 3 is 2.69 bits per heavy atom. The van der Waals surface area contributed by atoms with E-state index in [0.717, 1.165) is 18.4 Å². The third kappa shape index (κ3) is 1.98. The molecule has 1 aromatic rings. The molecule has 4 heteroatoms. The molecule has 1 aliphatic carbocycles. The first-order chi connectivity index (χ1) is 7.44. The molecule has 0 spiro atoms. The van der Waals surface area contributed by atoms with Gasteiger partial charge in [-0.2, -0.15) is 0 Å². The van der Waals surface area contributed by atoms with Gasteiger partial charge in [-0.05, 0) is 52.9 Å². The normalized spacial score (nSPS) is 17.2. The van der Waals surface area contributed by atoms with E-state index in [0.29, 0.717) is 10.0 Å². The van der Waals surface area contributed by atoms with Crippen molar-refractivity contribution < 1.29 is 14.3 Å². The summed E-state index contributed by atoms with van der Waals surface area (Å²) in [5.74, 6) is -1.18. The molecule has 0 unspecified atom stereocenters. The molecule has 86 valence electrons. The molecule has 2 rings (SSSR count). The van der Waals surface area contributed by atoms with E-state index in [1.165, 1.54) is 0 Å². The standard InChI is InChI=1S/C12H12BrFO2/c1-7-4-8(11(14)9(13)5-7)12(2-3-12)6-10(15)16/h4-5H,2-3,6H2,1H3,(H,15,16). The number of aryl methyl sites for hydroxylation is 1. The van der Waals surface area contributed by atoms with Crippen LogP contribution in [0.1, 0.15) is 30.4 Å². The van der Waals surface area contributed by atoms with Crippen LogP contribution in [-0.2, 0) is 10.2 Å². The monoisotopic (exact) mass is 286 g/mol. The number of carboxylic acids is 1. The molecule has 1 aliphatic rings. The number of hydrogen-bond donors (Lipinski definition) is 1. The molecule has 0 aromatic heterocycles. The van der Waals surface area contributed by atoms with Gasteiger partial charge in [0.2, 0.25) is 0 Å². The van der Waals surface area contributed by atoms with Crippen molar-refractivity contribution in [1.82, 2.24) is 0 Å². The fraction of sp³-hybridized carbons (Fsp3) is 0.417. The molecule has 1 aromatic carbocycles. The molecular weight excluding hydrogens is 275 g/mol. The quantitative estimate of drug-likeness (QED) is 0.925. The zero-order valence-corrected chi connectivity index (χ0v) is 10.5. The zero-order valence-electron chi connectivity index (χ0n) is 8.89. The van der Waals surface area contributed by atoms with Crippen molar-refractivity contribution in [1.29, 1.82) is 0 Å². The third-order valence-corrected chi connectivity index (χ3v) is 3.66. The fourth-order valence-corrected chi connectivity index (χ4v) is 2.67. The van der Waals surface area contributed by atoms with Gasteiger partial charge in [-0.25, -0.2) is 4.39 Å². The summed E-state index contributed by atoms with van der Waals surface area (Å²) in [7, 11) is 0. The highest BCUT2D eigenvalue weighted by molar-refractivity contribution is 9.10. The lowest BCUT2D eigenvalue weighted by molar-refractivity contribution is -0.137. The molecule has 1 N–H and O–H groups in total.